The smallest absolute Gasteiger partial charge is 0.190 e. The number of hydrogen-bond acceptors (Lipinski definition) is 5. The molecule has 2 aliphatic heterocycles. The van der Waals surface area contributed by atoms with Gasteiger partial charge in [-0.1, -0.05) is 43.3 Å². The van der Waals surface area contributed by atoms with E-state index in [-0.39, 0.29) is 5.78 Å². The van der Waals surface area contributed by atoms with Gasteiger partial charge in [0, 0.05) is 6.42 Å². The van der Waals surface area contributed by atoms with Gasteiger partial charge in [0.15, 0.2) is 17.9 Å². The largest absolute Gasteiger partial charge is 0.367 e. The van der Waals surface area contributed by atoms with Crippen molar-refractivity contribution in [2.75, 3.05) is 0 Å². The Bertz CT molecular complexity index is 874. The molecule has 4 rings (SSSR count). The summed E-state index contributed by atoms with van der Waals surface area (Å²) in [6, 6.07) is 12.5. The van der Waals surface area contributed by atoms with Crippen molar-refractivity contribution in [3.8, 4) is 0 Å². The summed E-state index contributed by atoms with van der Waals surface area (Å²) in [7, 11) is 0. The molecule has 5 heteroatoms. The molecule has 0 aliphatic carbocycles. The molecule has 5 nitrogen and oxygen atoms in total. The van der Waals surface area contributed by atoms with E-state index in [4.69, 9.17) is 18.9 Å². The molecule has 0 saturated carbocycles. The first-order valence-electron chi connectivity index (χ1n) is 10.0. The molecular weight excluding hydrogens is 356 g/mol. The van der Waals surface area contributed by atoms with E-state index in [0.717, 1.165) is 17.5 Å². The zero-order valence-electron chi connectivity index (χ0n) is 16.9. The summed E-state index contributed by atoms with van der Waals surface area (Å²) < 4.78 is 24.1. The highest BCUT2D eigenvalue weighted by Gasteiger charge is 2.57. The summed E-state index contributed by atoms with van der Waals surface area (Å²) in [5, 5.41) is 2.34. The number of hydrogen-bond donors (Lipinski definition) is 0. The number of carbonyl (C=O) groups is 1. The van der Waals surface area contributed by atoms with E-state index < -0.39 is 30.4 Å². The average Bonchev–Trinajstić information content (AvgIpc) is 3.13. The Morgan fingerprint density at radius 3 is 2.71 bits per heavy atom. The maximum absolute atomic E-state index is 12.6. The van der Waals surface area contributed by atoms with E-state index in [9.17, 15) is 4.79 Å². The van der Waals surface area contributed by atoms with Crippen LogP contribution in [0.4, 0.5) is 0 Å². The molecule has 2 aromatic rings. The highest BCUT2D eigenvalue weighted by molar-refractivity contribution is 5.86. The van der Waals surface area contributed by atoms with Gasteiger partial charge in [-0.15, -0.1) is 0 Å². The first-order valence-corrected chi connectivity index (χ1v) is 10.0. The summed E-state index contributed by atoms with van der Waals surface area (Å²) in [5.74, 6) is -0.702. The number of carbonyl (C=O) groups excluding carboxylic acids is 1. The molecule has 28 heavy (non-hydrogen) atoms. The molecule has 2 aliphatic rings. The van der Waals surface area contributed by atoms with Crippen LogP contribution in [-0.4, -0.2) is 36.2 Å². The number of fused-ring (bicyclic) bond motifs is 2. The molecule has 0 amide bonds. The Hall–Kier alpha value is -1.79. The molecule has 0 bridgehead atoms. The number of Topliss-reactive ketones (excluding diaryl/α,β-unsaturated/α-hetero) is 1. The van der Waals surface area contributed by atoms with Gasteiger partial charge in [0.1, 0.15) is 18.3 Å². The van der Waals surface area contributed by atoms with Crippen LogP contribution in [0.2, 0.25) is 0 Å². The third kappa shape index (κ3) is 3.60. The van der Waals surface area contributed by atoms with Gasteiger partial charge >= 0.3 is 0 Å². The van der Waals surface area contributed by atoms with E-state index in [1.54, 1.807) is 0 Å². The van der Waals surface area contributed by atoms with Crippen LogP contribution in [0.15, 0.2) is 36.4 Å². The molecule has 0 radical (unpaired) electrons. The summed E-state index contributed by atoms with van der Waals surface area (Å²) in [6.45, 7) is 8.16. The zero-order chi connectivity index (χ0) is 19.9. The minimum absolute atomic E-state index is 0.0431. The lowest BCUT2D eigenvalue weighted by atomic mass is 10.00. The van der Waals surface area contributed by atoms with Crippen LogP contribution in [0.1, 0.15) is 44.7 Å². The van der Waals surface area contributed by atoms with Crippen molar-refractivity contribution in [2.45, 2.75) is 77.5 Å². The first kappa shape index (κ1) is 19.5. The van der Waals surface area contributed by atoms with Crippen molar-refractivity contribution in [2.24, 2.45) is 0 Å². The Labute approximate surface area is 165 Å². The molecule has 0 N–H and O–H groups in total. The highest BCUT2D eigenvalue weighted by Crippen LogP contribution is 2.40. The van der Waals surface area contributed by atoms with Crippen molar-refractivity contribution >= 4 is 16.6 Å². The van der Waals surface area contributed by atoms with Crippen molar-refractivity contribution in [3.63, 3.8) is 0 Å². The molecule has 2 fully saturated rings. The fourth-order valence-corrected chi connectivity index (χ4v) is 4.13. The maximum Gasteiger partial charge on any atom is 0.190 e. The van der Waals surface area contributed by atoms with Crippen LogP contribution in [-0.2, 0) is 30.3 Å². The SMILES string of the molecule is CCCC(=O)[C@H]1O[C@@H]2OC(C)(C)O[C@@H]2[C@H]1OCc1c(C)ccc2ccccc12. The first-order chi connectivity index (χ1) is 13.4. The number of ketones is 1. The Morgan fingerprint density at radius 2 is 1.93 bits per heavy atom. The van der Waals surface area contributed by atoms with Gasteiger partial charge in [-0.3, -0.25) is 4.79 Å². The van der Waals surface area contributed by atoms with Gasteiger partial charge in [0.05, 0.1) is 6.61 Å². The number of rotatable bonds is 6. The monoisotopic (exact) mass is 384 g/mol. The standard InChI is InChI=1S/C23H28O5/c1-5-8-18(24)19-20(21-22(26-19)28-23(3,4)27-21)25-13-17-14(2)11-12-15-9-6-7-10-16(15)17/h6-7,9-12,19-22H,5,8,13H2,1-4H3/t19-,20+,21-,22-/m1/s1. The van der Waals surface area contributed by atoms with Crippen molar-refractivity contribution in [3.05, 3.63) is 47.5 Å². The zero-order valence-corrected chi connectivity index (χ0v) is 16.9. The molecule has 2 aromatic carbocycles. The van der Waals surface area contributed by atoms with Crippen LogP contribution in [0.5, 0.6) is 0 Å². The quantitative estimate of drug-likeness (QED) is 0.744. The normalized spacial score (nSPS) is 28.6. The van der Waals surface area contributed by atoms with E-state index in [1.807, 2.05) is 32.9 Å². The molecule has 150 valence electrons. The van der Waals surface area contributed by atoms with Gasteiger partial charge in [0.25, 0.3) is 0 Å². The fraction of sp³-hybridized carbons (Fsp3) is 0.522. The molecule has 2 heterocycles. The topological polar surface area (TPSA) is 54.0 Å². The van der Waals surface area contributed by atoms with Gasteiger partial charge in [-0.05, 0) is 49.1 Å². The Kier molecular flexibility index (Phi) is 5.27. The van der Waals surface area contributed by atoms with Crippen molar-refractivity contribution in [1.82, 2.24) is 0 Å². The minimum atomic E-state index is -0.745. The van der Waals surface area contributed by atoms with Gasteiger partial charge in [0.2, 0.25) is 0 Å². The van der Waals surface area contributed by atoms with Gasteiger partial charge in [-0.25, -0.2) is 0 Å². The predicted octanol–water partition coefficient (Wildman–Crippen LogP) is 4.28. The summed E-state index contributed by atoms with van der Waals surface area (Å²) in [4.78, 5) is 12.6. The second-order valence-corrected chi connectivity index (χ2v) is 8.10. The third-order valence-electron chi connectivity index (χ3n) is 5.50. The number of ether oxygens (including phenoxy) is 4. The summed E-state index contributed by atoms with van der Waals surface area (Å²) in [5.41, 5.74) is 2.29. The molecule has 0 spiro atoms. The number of aryl methyl sites for hydroxylation is 1. The van der Waals surface area contributed by atoms with Crippen LogP contribution >= 0.6 is 0 Å². The fourth-order valence-electron chi connectivity index (χ4n) is 4.13. The van der Waals surface area contributed by atoms with Crippen LogP contribution in [0.25, 0.3) is 10.8 Å². The van der Waals surface area contributed by atoms with E-state index in [0.29, 0.717) is 13.0 Å². The number of benzene rings is 2. The second-order valence-electron chi connectivity index (χ2n) is 8.10. The van der Waals surface area contributed by atoms with Crippen molar-refractivity contribution < 1.29 is 23.7 Å². The van der Waals surface area contributed by atoms with Crippen LogP contribution in [0.3, 0.4) is 0 Å². The minimum Gasteiger partial charge on any atom is -0.367 e. The van der Waals surface area contributed by atoms with Gasteiger partial charge in [-0.2, -0.15) is 0 Å². The van der Waals surface area contributed by atoms with Crippen LogP contribution < -0.4 is 0 Å². The molecular formula is C23H28O5. The maximum atomic E-state index is 12.6. The molecule has 4 atom stereocenters. The third-order valence-corrected chi connectivity index (χ3v) is 5.50. The van der Waals surface area contributed by atoms with Crippen LogP contribution in [0, 0.1) is 6.92 Å². The Morgan fingerprint density at radius 1 is 1.14 bits per heavy atom. The highest BCUT2D eigenvalue weighted by atomic mass is 16.8. The predicted molar refractivity (Wildman–Crippen MR) is 106 cm³/mol. The average molecular weight is 384 g/mol. The lowest BCUT2D eigenvalue weighted by Crippen LogP contribution is -2.40. The van der Waals surface area contributed by atoms with Gasteiger partial charge < -0.3 is 18.9 Å². The van der Waals surface area contributed by atoms with E-state index in [1.165, 1.54) is 10.8 Å². The molecule has 0 aromatic heterocycles. The van der Waals surface area contributed by atoms with E-state index in [2.05, 4.69) is 31.2 Å². The van der Waals surface area contributed by atoms with E-state index >= 15 is 0 Å². The summed E-state index contributed by atoms with van der Waals surface area (Å²) in [6.07, 6.45) is -0.877. The Balaban J connectivity index is 1.59. The lowest BCUT2D eigenvalue weighted by Gasteiger charge is -2.25. The summed E-state index contributed by atoms with van der Waals surface area (Å²) >= 11 is 0. The van der Waals surface area contributed by atoms with Crippen molar-refractivity contribution in [1.29, 1.82) is 0 Å². The second kappa shape index (κ2) is 7.56. The molecule has 2 saturated heterocycles. The molecule has 0 unspecified atom stereocenters. The lowest BCUT2D eigenvalue weighted by molar-refractivity contribution is -0.218.